The van der Waals surface area contributed by atoms with Crippen LogP contribution in [0.5, 0.6) is 0 Å². The van der Waals surface area contributed by atoms with Crippen LogP contribution in [0.1, 0.15) is 41.1 Å². The number of hydrogen-bond acceptors (Lipinski definition) is 4. The van der Waals surface area contributed by atoms with Crippen molar-refractivity contribution in [1.29, 1.82) is 0 Å². The molecule has 6 nitrogen and oxygen atoms in total. The number of nitrogens with zero attached hydrogens (tertiary/aromatic N) is 4. The average molecular weight is 339 g/mol. The second-order valence-electron chi connectivity index (χ2n) is 5.24. The van der Waals surface area contributed by atoms with Gasteiger partial charge in [-0.15, -0.1) is 22.9 Å². The summed E-state index contributed by atoms with van der Waals surface area (Å²) in [6, 6.07) is 1.95. The van der Waals surface area contributed by atoms with Crippen molar-refractivity contribution in [2.75, 3.05) is 0 Å². The summed E-state index contributed by atoms with van der Waals surface area (Å²) in [6.07, 6.45) is 3.61. The van der Waals surface area contributed by atoms with Crippen molar-refractivity contribution in [3.8, 4) is 0 Å². The van der Waals surface area contributed by atoms with E-state index in [1.165, 1.54) is 11.3 Å². The summed E-state index contributed by atoms with van der Waals surface area (Å²) in [7, 11) is 0. The minimum atomic E-state index is -0.936. The summed E-state index contributed by atoms with van der Waals surface area (Å²) in [5, 5.41) is 9.13. The van der Waals surface area contributed by atoms with E-state index in [2.05, 4.69) is 28.4 Å². The molecule has 1 N–H and O–H groups in total. The smallest absolute Gasteiger partial charge is 0.346 e. The highest BCUT2D eigenvalue weighted by atomic mass is 35.5. The molecule has 22 heavy (non-hydrogen) atoms. The van der Waals surface area contributed by atoms with Gasteiger partial charge in [-0.1, -0.05) is 0 Å². The number of carboxylic acids is 1. The van der Waals surface area contributed by atoms with E-state index in [1.807, 2.05) is 10.8 Å². The van der Waals surface area contributed by atoms with Gasteiger partial charge in [-0.3, -0.25) is 0 Å². The predicted molar refractivity (Wildman–Crippen MR) is 85.8 cm³/mol. The summed E-state index contributed by atoms with van der Waals surface area (Å²) in [5.74, 6) is 0.0742. The molecular formula is C14H15ClN4O2S. The molecule has 0 bridgehead atoms. The lowest BCUT2D eigenvalue weighted by Crippen LogP contribution is -2.10. The first-order valence-corrected chi connectivity index (χ1v) is 8.15. The molecule has 0 radical (unpaired) electrons. The summed E-state index contributed by atoms with van der Waals surface area (Å²) in [4.78, 5) is 20.8. The van der Waals surface area contributed by atoms with E-state index in [1.54, 1.807) is 12.4 Å². The first kappa shape index (κ1) is 15.1. The molecule has 0 aromatic carbocycles. The lowest BCUT2D eigenvalue weighted by molar-refractivity contribution is 0.0702. The van der Waals surface area contributed by atoms with Gasteiger partial charge in [0.05, 0.1) is 30.0 Å². The Morgan fingerprint density at radius 1 is 1.50 bits per heavy atom. The fourth-order valence-electron chi connectivity index (χ4n) is 2.43. The van der Waals surface area contributed by atoms with Crippen LogP contribution in [-0.2, 0) is 12.4 Å². The van der Waals surface area contributed by atoms with Gasteiger partial charge in [-0.05, 0) is 19.9 Å². The predicted octanol–water partition coefficient (Wildman–Crippen LogP) is 3.36. The lowest BCUT2D eigenvalue weighted by atomic mass is 10.3. The Morgan fingerprint density at radius 2 is 2.27 bits per heavy atom. The Bertz CT molecular complexity index is 833. The molecule has 0 fully saturated rings. The van der Waals surface area contributed by atoms with Crippen LogP contribution in [0.2, 0.25) is 0 Å². The van der Waals surface area contributed by atoms with Crippen LogP contribution < -0.4 is 0 Å². The number of carboxylic acid groups (broad SMARTS) is 1. The largest absolute Gasteiger partial charge is 0.477 e. The maximum atomic E-state index is 11.1. The second kappa shape index (κ2) is 5.73. The number of thiophene rings is 1. The molecule has 8 heteroatoms. The summed E-state index contributed by atoms with van der Waals surface area (Å²) < 4.78 is 4.04. The maximum absolute atomic E-state index is 11.1. The van der Waals surface area contributed by atoms with E-state index in [0.717, 1.165) is 17.0 Å². The molecule has 0 aliphatic rings. The standard InChI is InChI=1S/C14H15ClN4O2S/c1-8(2)19-7-16-5-9(19)6-18-10-3-11(14(20)21)22-13(10)17-12(18)4-15/h3,5,7-8H,4,6H2,1-2H3,(H,20,21). The molecule has 0 unspecified atom stereocenters. The zero-order valence-electron chi connectivity index (χ0n) is 12.2. The summed E-state index contributed by atoms with van der Waals surface area (Å²) >= 11 is 7.15. The van der Waals surface area contributed by atoms with Crippen LogP contribution in [0.15, 0.2) is 18.6 Å². The molecule has 3 rings (SSSR count). The van der Waals surface area contributed by atoms with Crippen LogP contribution in [0.3, 0.4) is 0 Å². The van der Waals surface area contributed by atoms with Crippen molar-refractivity contribution in [1.82, 2.24) is 19.1 Å². The molecule has 116 valence electrons. The Kier molecular flexibility index (Phi) is 3.92. The lowest BCUT2D eigenvalue weighted by Gasteiger charge is -2.13. The van der Waals surface area contributed by atoms with Gasteiger partial charge in [0.15, 0.2) is 0 Å². The molecule has 0 aliphatic carbocycles. The number of fused-ring (bicyclic) bond motifs is 1. The van der Waals surface area contributed by atoms with E-state index in [-0.39, 0.29) is 10.8 Å². The van der Waals surface area contributed by atoms with Crippen molar-refractivity contribution in [2.45, 2.75) is 32.3 Å². The molecule has 0 aliphatic heterocycles. The van der Waals surface area contributed by atoms with Gasteiger partial charge in [0.25, 0.3) is 0 Å². The Morgan fingerprint density at radius 3 is 2.91 bits per heavy atom. The molecule has 3 aromatic heterocycles. The third kappa shape index (κ3) is 2.50. The number of aromatic carboxylic acids is 1. The normalized spacial score (nSPS) is 11.6. The van der Waals surface area contributed by atoms with E-state index in [9.17, 15) is 4.79 Å². The van der Waals surface area contributed by atoms with Crippen LogP contribution in [0.25, 0.3) is 10.3 Å². The van der Waals surface area contributed by atoms with Crippen molar-refractivity contribution in [2.24, 2.45) is 0 Å². The number of hydrogen-bond donors (Lipinski definition) is 1. The molecule has 0 atom stereocenters. The Balaban J connectivity index is 2.08. The molecule has 0 saturated heterocycles. The maximum Gasteiger partial charge on any atom is 0.346 e. The minimum absolute atomic E-state index is 0.277. The highest BCUT2D eigenvalue weighted by Crippen LogP contribution is 2.28. The summed E-state index contributed by atoms with van der Waals surface area (Å²) in [6.45, 7) is 4.74. The van der Waals surface area contributed by atoms with Crippen LogP contribution in [0, 0.1) is 0 Å². The number of alkyl halides is 1. The van der Waals surface area contributed by atoms with Gasteiger partial charge in [0, 0.05) is 12.2 Å². The zero-order valence-corrected chi connectivity index (χ0v) is 13.7. The van der Waals surface area contributed by atoms with Gasteiger partial charge in [0.1, 0.15) is 15.5 Å². The quantitative estimate of drug-likeness (QED) is 0.724. The molecule has 3 aromatic rings. The van der Waals surface area contributed by atoms with E-state index in [0.29, 0.717) is 17.4 Å². The molecule has 3 heterocycles. The van der Waals surface area contributed by atoms with Gasteiger partial charge >= 0.3 is 5.97 Å². The molecule has 0 saturated carbocycles. The van der Waals surface area contributed by atoms with Gasteiger partial charge in [0.2, 0.25) is 0 Å². The highest BCUT2D eigenvalue weighted by Gasteiger charge is 2.18. The van der Waals surface area contributed by atoms with E-state index in [4.69, 9.17) is 16.7 Å². The molecule has 0 spiro atoms. The summed E-state index contributed by atoms with van der Waals surface area (Å²) in [5.41, 5.74) is 1.83. The van der Waals surface area contributed by atoms with Crippen LogP contribution >= 0.6 is 22.9 Å². The fourth-order valence-corrected chi connectivity index (χ4v) is 3.52. The number of imidazole rings is 2. The zero-order chi connectivity index (χ0) is 15.9. The first-order valence-electron chi connectivity index (χ1n) is 6.80. The van der Waals surface area contributed by atoms with Crippen LogP contribution in [0.4, 0.5) is 0 Å². The van der Waals surface area contributed by atoms with E-state index < -0.39 is 5.97 Å². The average Bonchev–Trinajstić information content (AvgIpc) is 3.14. The number of rotatable bonds is 5. The molecular weight excluding hydrogens is 324 g/mol. The van der Waals surface area contributed by atoms with Crippen LogP contribution in [-0.4, -0.2) is 30.2 Å². The Labute approximate surface area is 136 Å². The van der Waals surface area contributed by atoms with Crippen molar-refractivity contribution in [3.05, 3.63) is 35.0 Å². The molecule has 0 amide bonds. The van der Waals surface area contributed by atoms with Crippen molar-refractivity contribution < 1.29 is 9.90 Å². The first-order chi connectivity index (χ1) is 10.5. The van der Waals surface area contributed by atoms with Crippen molar-refractivity contribution in [3.63, 3.8) is 0 Å². The third-order valence-corrected chi connectivity index (χ3v) is 4.72. The number of halogens is 1. The number of aromatic nitrogens is 4. The van der Waals surface area contributed by atoms with Gasteiger partial charge in [-0.2, -0.15) is 0 Å². The Hall–Kier alpha value is -1.86. The van der Waals surface area contributed by atoms with Gasteiger partial charge < -0.3 is 14.2 Å². The monoisotopic (exact) mass is 338 g/mol. The van der Waals surface area contributed by atoms with E-state index >= 15 is 0 Å². The third-order valence-electron chi connectivity index (χ3n) is 3.48. The highest BCUT2D eigenvalue weighted by molar-refractivity contribution is 7.20. The minimum Gasteiger partial charge on any atom is -0.477 e. The second-order valence-corrected chi connectivity index (χ2v) is 6.54. The van der Waals surface area contributed by atoms with Gasteiger partial charge in [-0.25, -0.2) is 14.8 Å². The van der Waals surface area contributed by atoms with Crippen molar-refractivity contribution >= 4 is 39.3 Å². The SMILES string of the molecule is CC(C)n1cncc1Cn1c(CCl)nc2sc(C(=O)O)cc21. The number of carbonyl (C=O) groups is 1. The topological polar surface area (TPSA) is 72.9 Å². The fraction of sp³-hybridized carbons (Fsp3) is 0.357.